The van der Waals surface area contributed by atoms with E-state index >= 15 is 0 Å². The fourth-order valence-corrected chi connectivity index (χ4v) is 6.28. The van der Waals surface area contributed by atoms with Crippen molar-refractivity contribution in [1.29, 1.82) is 0 Å². The third-order valence-electron chi connectivity index (χ3n) is 9.35. The lowest BCUT2D eigenvalue weighted by molar-refractivity contribution is -0.141. The van der Waals surface area contributed by atoms with E-state index in [4.69, 9.17) is 11.5 Å². The Morgan fingerprint density at radius 3 is 1.87 bits per heavy atom. The number of rotatable bonds is 17. The number of primary amides is 1. The van der Waals surface area contributed by atoms with Gasteiger partial charge in [0.25, 0.3) is 0 Å². The normalized spacial score (nSPS) is 21.0. The summed E-state index contributed by atoms with van der Waals surface area (Å²) in [6.07, 6.45) is -0.576. The molecule has 2 aliphatic rings. The maximum Gasteiger partial charge on any atom is 0.245 e. The van der Waals surface area contributed by atoms with Crippen LogP contribution in [0.4, 0.5) is 0 Å². The van der Waals surface area contributed by atoms with Crippen molar-refractivity contribution in [3.8, 4) is 5.75 Å². The first-order chi connectivity index (χ1) is 24.3. The van der Waals surface area contributed by atoms with E-state index < -0.39 is 95.7 Å². The summed E-state index contributed by atoms with van der Waals surface area (Å²) in [5, 5.41) is 30.7. The Labute approximate surface area is 303 Å². The van der Waals surface area contributed by atoms with Crippen molar-refractivity contribution in [2.45, 2.75) is 116 Å². The molecular weight excluding hydrogens is 676 g/mol. The number of nitrogens with one attached hydrogen (secondary N) is 4. The van der Waals surface area contributed by atoms with Crippen LogP contribution in [0, 0.1) is 11.8 Å². The van der Waals surface area contributed by atoms with E-state index in [0.29, 0.717) is 18.4 Å². The predicted molar refractivity (Wildman–Crippen MR) is 189 cm³/mol. The second-order valence-corrected chi connectivity index (χ2v) is 14.4. The summed E-state index contributed by atoms with van der Waals surface area (Å²) in [6, 6.07) is -1.40. The molecule has 0 saturated carbocycles. The highest BCUT2D eigenvalue weighted by molar-refractivity contribution is 5.98. The van der Waals surface area contributed by atoms with E-state index in [2.05, 4.69) is 21.3 Å². The zero-order chi connectivity index (χ0) is 39.0. The Kier molecular flexibility index (Phi) is 14.5. The topological polar surface area (TPSA) is 267 Å². The quantitative estimate of drug-likeness (QED) is 0.0873. The van der Waals surface area contributed by atoms with Crippen LogP contribution in [0.25, 0.3) is 0 Å². The molecule has 2 fully saturated rings. The fourth-order valence-electron chi connectivity index (χ4n) is 6.28. The molecule has 0 aliphatic carbocycles. The number of aromatic hydroxyl groups is 1. The second-order valence-electron chi connectivity index (χ2n) is 14.4. The average molecular weight is 731 g/mol. The van der Waals surface area contributed by atoms with Crippen molar-refractivity contribution in [3.63, 3.8) is 0 Å². The van der Waals surface area contributed by atoms with Crippen molar-refractivity contribution in [3.05, 3.63) is 29.8 Å². The standard InChI is InChI=1S/C35H54N8O9/c1-17(2)15-25(30(47)38-19(5)29(37)46)43-14-12-24(35(43)52)39-32(49)27(18(3)4)40-33(50)28(20(6)44)41-31(48)26(42-13-11-23(36)34(42)51)16-21-7-9-22(45)10-8-21/h7-10,17-20,23-28,44-45H,11-16,36H2,1-6H3,(H2,37,46)(H,38,47)(H,39,49)(H,40,50)(H,41,48)/t19-,20-,23-,24-,25-,26-,27?,28-/m1/s1. The summed E-state index contributed by atoms with van der Waals surface area (Å²) < 4.78 is 0. The fraction of sp³-hybridized carbons (Fsp3) is 0.629. The lowest BCUT2D eigenvalue weighted by Gasteiger charge is -2.31. The smallest absolute Gasteiger partial charge is 0.245 e. The molecule has 17 nitrogen and oxygen atoms in total. The first kappa shape index (κ1) is 41.6. The van der Waals surface area contributed by atoms with Crippen LogP contribution in [0.5, 0.6) is 5.75 Å². The number of nitrogens with zero attached hydrogens (tertiary/aromatic N) is 2. The molecule has 288 valence electrons. The van der Waals surface area contributed by atoms with Gasteiger partial charge in [0.15, 0.2) is 0 Å². The van der Waals surface area contributed by atoms with E-state index in [1.807, 2.05) is 13.8 Å². The Morgan fingerprint density at radius 1 is 0.788 bits per heavy atom. The number of hydrogen-bond donors (Lipinski definition) is 8. The molecule has 10 N–H and O–H groups in total. The van der Waals surface area contributed by atoms with Gasteiger partial charge in [0.2, 0.25) is 41.4 Å². The molecule has 2 aliphatic heterocycles. The summed E-state index contributed by atoms with van der Waals surface area (Å²) in [5.41, 5.74) is 11.8. The van der Waals surface area contributed by atoms with Crippen molar-refractivity contribution < 1.29 is 43.8 Å². The summed E-state index contributed by atoms with van der Waals surface area (Å²) in [4.78, 5) is 94.6. The third kappa shape index (κ3) is 10.6. The largest absolute Gasteiger partial charge is 0.508 e. The summed E-state index contributed by atoms with van der Waals surface area (Å²) in [5.74, 6) is -4.97. The minimum Gasteiger partial charge on any atom is -0.508 e. The van der Waals surface area contributed by atoms with Gasteiger partial charge in [-0.05, 0) is 62.6 Å². The molecule has 0 radical (unpaired) electrons. The number of phenols is 1. The van der Waals surface area contributed by atoms with Gasteiger partial charge in [-0.3, -0.25) is 33.6 Å². The number of carbonyl (C=O) groups excluding carboxylic acids is 7. The SMILES string of the molecule is CC(C)C[C@H](C(=O)N[C@H](C)C(N)=O)N1CC[C@@H](NC(=O)C(NC(=O)[C@H](NC(=O)[C@@H](Cc2ccc(O)cc2)N2CC[C@@H](N)C2=O)[C@@H](C)O)C(C)C)C1=O. The number of benzene rings is 1. The van der Waals surface area contributed by atoms with Crippen LogP contribution in [-0.2, 0) is 40.0 Å². The average Bonchev–Trinajstić information content (AvgIpc) is 3.59. The highest BCUT2D eigenvalue weighted by Gasteiger charge is 2.43. The highest BCUT2D eigenvalue weighted by atomic mass is 16.3. The molecule has 1 aromatic carbocycles. The summed E-state index contributed by atoms with van der Waals surface area (Å²) in [6.45, 7) is 10.2. The maximum atomic E-state index is 13.7. The lowest BCUT2D eigenvalue weighted by Crippen LogP contribution is -2.61. The van der Waals surface area contributed by atoms with Crippen LogP contribution in [0.2, 0.25) is 0 Å². The number of aliphatic hydroxyl groups excluding tert-OH is 1. The number of likely N-dealkylation sites (tertiary alicyclic amines) is 2. The Bertz CT molecular complexity index is 1480. The van der Waals surface area contributed by atoms with E-state index in [-0.39, 0.29) is 37.6 Å². The first-order valence-electron chi connectivity index (χ1n) is 17.7. The minimum absolute atomic E-state index is 0.0143. The van der Waals surface area contributed by atoms with Crippen LogP contribution >= 0.6 is 0 Å². The predicted octanol–water partition coefficient (Wildman–Crippen LogP) is -2.01. The Balaban J connectivity index is 1.73. The maximum absolute atomic E-state index is 13.7. The van der Waals surface area contributed by atoms with Crippen molar-refractivity contribution in [2.24, 2.45) is 23.3 Å². The molecule has 1 aromatic rings. The first-order valence-corrected chi connectivity index (χ1v) is 17.7. The Hall–Kier alpha value is -4.77. The molecule has 1 unspecified atom stereocenters. The van der Waals surface area contributed by atoms with Gasteiger partial charge in [0.05, 0.1) is 12.1 Å². The second kappa shape index (κ2) is 18.1. The zero-order valence-corrected chi connectivity index (χ0v) is 30.6. The lowest BCUT2D eigenvalue weighted by atomic mass is 10.0. The van der Waals surface area contributed by atoms with E-state index in [1.165, 1.54) is 35.8 Å². The van der Waals surface area contributed by atoms with Crippen molar-refractivity contribution in [2.75, 3.05) is 13.1 Å². The number of nitrogens with two attached hydrogens (primary N) is 2. The van der Waals surface area contributed by atoms with Crippen LogP contribution in [0.1, 0.15) is 66.4 Å². The van der Waals surface area contributed by atoms with Gasteiger partial charge >= 0.3 is 0 Å². The number of carbonyl (C=O) groups is 7. The minimum atomic E-state index is -1.53. The summed E-state index contributed by atoms with van der Waals surface area (Å²) >= 11 is 0. The number of hydrogen-bond acceptors (Lipinski definition) is 10. The van der Waals surface area contributed by atoms with Gasteiger partial charge in [0.1, 0.15) is 42.0 Å². The van der Waals surface area contributed by atoms with Crippen molar-refractivity contribution in [1.82, 2.24) is 31.1 Å². The third-order valence-corrected chi connectivity index (χ3v) is 9.35. The van der Waals surface area contributed by atoms with Gasteiger partial charge in [-0.1, -0.05) is 39.8 Å². The summed E-state index contributed by atoms with van der Waals surface area (Å²) in [7, 11) is 0. The van der Waals surface area contributed by atoms with Gasteiger partial charge < -0.3 is 52.7 Å². The number of aliphatic hydroxyl groups is 1. The molecule has 8 atom stereocenters. The molecule has 17 heteroatoms. The van der Waals surface area contributed by atoms with Gasteiger partial charge in [0, 0.05) is 19.5 Å². The molecule has 0 spiro atoms. The van der Waals surface area contributed by atoms with E-state index in [0.717, 1.165) is 0 Å². The number of amides is 7. The van der Waals surface area contributed by atoms with Gasteiger partial charge in [-0.25, -0.2) is 0 Å². The molecule has 3 rings (SSSR count). The molecule has 0 bridgehead atoms. The highest BCUT2D eigenvalue weighted by Crippen LogP contribution is 2.22. The molecule has 0 aromatic heterocycles. The van der Waals surface area contributed by atoms with Crippen LogP contribution in [-0.4, -0.2) is 123 Å². The van der Waals surface area contributed by atoms with Crippen LogP contribution < -0.4 is 32.7 Å². The van der Waals surface area contributed by atoms with Gasteiger partial charge in [-0.2, -0.15) is 0 Å². The molecule has 2 saturated heterocycles. The molecular formula is C35H54N8O9. The molecule has 2 heterocycles. The van der Waals surface area contributed by atoms with Crippen LogP contribution in [0.3, 0.4) is 0 Å². The van der Waals surface area contributed by atoms with Crippen molar-refractivity contribution >= 4 is 41.4 Å². The Morgan fingerprint density at radius 2 is 1.35 bits per heavy atom. The van der Waals surface area contributed by atoms with E-state index in [9.17, 15) is 43.8 Å². The molecule has 52 heavy (non-hydrogen) atoms. The van der Waals surface area contributed by atoms with Crippen LogP contribution in [0.15, 0.2) is 24.3 Å². The monoisotopic (exact) mass is 730 g/mol. The molecule has 7 amide bonds. The van der Waals surface area contributed by atoms with E-state index in [1.54, 1.807) is 26.0 Å². The number of phenolic OH excluding ortho intramolecular Hbond substituents is 1. The van der Waals surface area contributed by atoms with Gasteiger partial charge in [-0.15, -0.1) is 0 Å². The zero-order valence-electron chi connectivity index (χ0n) is 30.6.